The third-order valence-corrected chi connectivity index (χ3v) is 7.80. The first-order chi connectivity index (χ1) is 21.0. The van der Waals surface area contributed by atoms with E-state index in [1.807, 2.05) is 0 Å². The topological polar surface area (TPSA) is 115 Å². The van der Waals surface area contributed by atoms with Crippen LogP contribution in [0.25, 0.3) is 0 Å². The van der Waals surface area contributed by atoms with Gasteiger partial charge < -0.3 is 20.4 Å². The maximum Gasteiger partial charge on any atom is 0.303 e. The van der Waals surface area contributed by atoms with Gasteiger partial charge in [0, 0.05) is 26.1 Å². The van der Waals surface area contributed by atoms with Crippen LogP contribution < -0.4 is 0 Å². The summed E-state index contributed by atoms with van der Waals surface area (Å²) < 4.78 is 0. The highest BCUT2D eigenvalue weighted by atomic mass is 16.4. The lowest BCUT2D eigenvalue weighted by atomic mass is 10.0. The molecule has 43 heavy (non-hydrogen) atoms. The van der Waals surface area contributed by atoms with Gasteiger partial charge in [-0.2, -0.15) is 0 Å². The second-order valence-corrected chi connectivity index (χ2v) is 12.3. The maximum atomic E-state index is 10.3. The SMILES string of the molecule is CCCCCCCCCCCCCCCC(=O)O.CCCCCCCCCCCCCCCCCC(=O)O.OCCCO. The molecule has 0 amide bonds. The normalized spacial score (nSPS) is 10.5. The van der Waals surface area contributed by atoms with Gasteiger partial charge in [0.2, 0.25) is 0 Å². The number of hydrogen-bond acceptors (Lipinski definition) is 4. The van der Waals surface area contributed by atoms with E-state index in [0.717, 1.165) is 25.7 Å². The summed E-state index contributed by atoms with van der Waals surface area (Å²) in [5, 5.41) is 32.8. The van der Waals surface area contributed by atoms with Crippen LogP contribution in [0.4, 0.5) is 0 Å². The summed E-state index contributed by atoms with van der Waals surface area (Å²) in [4.78, 5) is 20.6. The number of unbranched alkanes of at least 4 members (excludes halogenated alkanes) is 26. The van der Waals surface area contributed by atoms with E-state index in [1.165, 1.54) is 154 Å². The molecule has 0 radical (unpaired) electrons. The molecule has 6 heteroatoms. The van der Waals surface area contributed by atoms with E-state index in [-0.39, 0.29) is 13.2 Å². The third kappa shape index (κ3) is 57.1. The third-order valence-electron chi connectivity index (χ3n) is 7.80. The van der Waals surface area contributed by atoms with E-state index in [9.17, 15) is 9.59 Å². The van der Waals surface area contributed by atoms with Crippen LogP contribution in [0, 0.1) is 0 Å². The lowest BCUT2D eigenvalue weighted by Crippen LogP contribution is -1.93. The molecule has 0 fully saturated rings. The van der Waals surface area contributed by atoms with Crippen LogP contribution in [0.15, 0.2) is 0 Å². The van der Waals surface area contributed by atoms with Crippen LogP contribution in [-0.2, 0) is 9.59 Å². The Morgan fingerprint density at radius 1 is 0.326 bits per heavy atom. The molecule has 0 aromatic heterocycles. The molecule has 0 saturated heterocycles. The van der Waals surface area contributed by atoms with Gasteiger partial charge >= 0.3 is 11.9 Å². The maximum absolute atomic E-state index is 10.3. The minimum Gasteiger partial charge on any atom is -0.481 e. The number of hydrogen-bond donors (Lipinski definition) is 4. The number of carboxylic acids is 2. The number of carbonyl (C=O) groups is 2. The lowest BCUT2D eigenvalue weighted by Gasteiger charge is -2.03. The van der Waals surface area contributed by atoms with Crippen molar-refractivity contribution in [3.63, 3.8) is 0 Å². The standard InChI is InChI=1S/C18H36O2.C16H32O2.C3H8O2/c1-2-3-4-5-6-7-8-9-10-11-12-13-14-15-16-17-18(19)20;1-2-3-4-5-6-7-8-9-10-11-12-13-14-15-16(17)18;4-2-1-3-5/h2-17H2,1H3,(H,19,20);2-15H2,1H3,(H,17,18);4-5H,1-3H2. The molecule has 0 aromatic rings. The molecule has 0 aliphatic carbocycles. The fourth-order valence-electron chi connectivity index (χ4n) is 5.01. The molecule has 0 heterocycles. The van der Waals surface area contributed by atoms with Gasteiger partial charge in [0.05, 0.1) is 0 Å². The minimum absolute atomic E-state index is 0.0938. The summed E-state index contributed by atoms with van der Waals surface area (Å²) in [7, 11) is 0. The zero-order chi connectivity index (χ0) is 32.5. The van der Waals surface area contributed by atoms with Gasteiger partial charge in [0.1, 0.15) is 0 Å². The van der Waals surface area contributed by atoms with E-state index in [1.54, 1.807) is 0 Å². The van der Waals surface area contributed by atoms with E-state index in [4.69, 9.17) is 20.4 Å². The van der Waals surface area contributed by atoms with Crippen molar-refractivity contribution in [2.75, 3.05) is 13.2 Å². The Kier molecular flexibility index (Phi) is 48.7. The quantitative estimate of drug-likeness (QED) is 0.0559. The van der Waals surface area contributed by atoms with Gasteiger partial charge in [-0.05, 0) is 19.3 Å². The number of aliphatic hydroxyl groups excluding tert-OH is 2. The van der Waals surface area contributed by atoms with Crippen molar-refractivity contribution < 1.29 is 30.0 Å². The van der Waals surface area contributed by atoms with Crippen LogP contribution in [0.3, 0.4) is 0 Å². The molecule has 0 unspecified atom stereocenters. The summed E-state index contributed by atoms with van der Waals surface area (Å²) in [5.41, 5.74) is 0. The Balaban J connectivity index is -0.000000645. The lowest BCUT2D eigenvalue weighted by molar-refractivity contribution is -0.138. The van der Waals surface area contributed by atoms with Crippen LogP contribution in [0.5, 0.6) is 0 Å². The summed E-state index contributed by atoms with van der Waals surface area (Å²) in [6, 6.07) is 0. The minimum atomic E-state index is -0.655. The molecule has 0 saturated carbocycles. The summed E-state index contributed by atoms with van der Waals surface area (Å²) in [6.07, 6.45) is 38.0. The van der Waals surface area contributed by atoms with Gasteiger partial charge in [-0.3, -0.25) is 9.59 Å². The van der Waals surface area contributed by atoms with Gasteiger partial charge in [0.25, 0.3) is 0 Å². The Hall–Kier alpha value is -1.14. The second kappa shape index (κ2) is 45.3. The first kappa shape index (κ1) is 46.3. The Morgan fingerprint density at radius 2 is 0.512 bits per heavy atom. The summed E-state index contributed by atoms with van der Waals surface area (Å²) in [6.45, 7) is 4.72. The molecular weight excluding hydrogens is 540 g/mol. The van der Waals surface area contributed by atoms with Gasteiger partial charge in [-0.15, -0.1) is 0 Å². The van der Waals surface area contributed by atoms with Crippen LogP contribution in [0.2, 0.25) is 0 Å². The summed E-state index contributed by atoms with van der Waals surface area (Å²) >= 11 is 0. The monoisotopic (exact) mass is 617 g/mol. The van der Waals surface area contributed by atoms with Crippen molar-refractivity contribution in [1.29, 1.82) is 0 Å². The average Bonchev–Trinajstić information content (AvgIpc) is 2.98. The molecule has 0 spiro atoms. The van der Waals surface area contributed by atoms with E-state index in [0.29, 0.717) is 19.3 Å². The Bertz CT molecular complexity index is 509. The van der Waals surface area contributed by atoms with Crippen molar-refractivity contribution in [2.45, 2.75) is 213 Å². The van der Waals surface area contributed by atoms with E-state index >= 15 is 0 Å². The van der Waals surface area contributed by atoms with Gasteiger partial charge in [-0.25, -0.2) is 0 Å². The van der Waals surface area contributed by atoms with Crippen LogP contribution >= 0.6 is 0 Å². The average molecular weight is 617 g/mol. The molecule has 6 nitrogen and oxygen atoms in total. The predicted molar refractivity (Wildman–Crippen MR) is 184 cm³/mol. The van der Waals surface area contributed by atoms with Crippen molar-refractivity contribution in [1.82, 2.24) is 0 Å². The zero-order valence-electron chi connectivity index (χ0n) is 28.9. The van der Waals surface area contributed by atoms with Crippen molar-refractivity contribution in [3.8, 4) is 0 Å². The molecule has 0 aromatic carbocycles. The first-order valence-corrected chi connectivity index (χ1v) is 18.6. The number of aliphatic hydroxyl groups is 2. The number of aliphatic carboxylic acids is 2. The van der Waals surface area contributed by atoms with Crippen molar-refractivity contribution in [3.05, 3.63) is 0 Å². The number of rotatable bonds is 32. The molecule has 260 valence electrons. The Morgan fingerprint density at radius 3 is 0.651 bits per heavy atom. The smallest absolute Gasteiger partial charge is 0.303 e. The highest BCUT2D eigenvalue weighted by molar-refractivity contribution is 5.66. The fourth-order valence-corrected chi connectivity index (χ4v) is 5.01. The highest BCUT2D eigenvalue weighted by Crippen LogP contribution is 2.14. The molecule has 0 aliphatic rings. The van der Waals surface area contributed by atoms with Crippen molar-refractivity contribution in [2.24, 2.45) is 0 Å². The van der Waals surface area contributed by atoms with E-state index < -0.39 is 11.9 Å². The second-order valence-electron chi connectivity index (χ2n) is 12.3. The molecule has 0 aliphatic heterocycles. The molecule has 0 atom stereocenters. The highest BCUT2D eigenvalue weighted by Gasteiger charge is 1.98. The predicted octanol–water partition coefficient (Wildman–Crippen LogP) is 11.2. The van der Waals surface area contributed by atoms with Crippen LogP contribution in [-0.4, -0.2) is 45.6 Å². The largest absolute Gasteiger partial charge is 0.481 e. The van der Waals surface area contributed by atoms with Gasteiger partial charge in [-0.1, -0.05) is 181 Å². The molecule has 0 bridgehead atoms. The van der Waals surface area contributed by atoms with Crippen molar-refractivity contribution >= 4 is 11.9 Å². The Labute approximate surface area is 267 Å². The van der Waals surface area contributed by atoms with Gasteiger partial charge in [0.15, 0.2) is 0 Å². The molecule has 0 rings (SSSR count). The zero-order valence-corrected chi connectivity index (χ0v) is 28.9. The van der Waals surface area contributed by atoms with Crippen LogP contribution in [0.1, 0.15) is 213 Å². The first-order valence-electron chi connectivity index (χ1n) is 18.6. The molecule has 4 N–H and O–H groups in total. The fraction of sp³-hybridized carbons (Fsp3) is 0.946. The molecular formula is C37H76O6. The number of carboxylic acid groups (broad SMARTS) is 2. The summed E-state index contributed by atoms with van der Waals surface area (Å²) in [5.74, 6) is -1.31. The van der Waals surface area contributed by atoms with E-state index in [2.05, 4.69) is 13.8 Å².